The van der Waals surface area contributed by atoms with Crippen LogP contribution in [0.3, 0.4) is 0 Å². The monoisotopic (exact) mass is 561 g/mol. The van der Waals surface area contributed by atoms with Gasteiger partial charge in [0.15, 0.2) is 0 Å². The van der Waals surface area contributed by atoms with E-state index in [4.69, 9.17) is 0 Å². The van der Waals surface area contributed by atoms with E-state index in [1.54, 1.807) is 36.4 Å². The Bertz CT molecular complexity index is 1730. The molecule has 1 heterocycles. The molecule has 3 aromatic carbocycles. The van der Waals surface area contributed by atoms with Gasteiger partial charge in [-0.05, 0) is 59.7 Å². The summed E-state index contributed by atoms with van der Waals surface area (Å²) in [6, 6.07) is 19.0. The average Bonchev–Trinajstić information content (AvgIpc) is 3.25. The number of anilines is 2. The van der Waals surface area contributed by atoms with Gasteiger partial charge in [0.25, 0.3) is 5.91 Å². The minimum Gasteiger partial charge on any atom is -0.350 e. The Morgan fingerprint density at radius 2 is 1.62 bits per heavy atom. The molecule has 0 spiro atoms. The Labute approximate surface area is 230 Å². The van der Waals surface area contributed by atoms with Crippen molar-refractivity contribution in [1.82, 2.24) is 4.98 Å². The number of amides is 1. The Morgan fingerprint density at radius 1 is 0.923 bits per heavy atom. The van der Waals surface area contributed by atoms with E-state index in [0.717, 1.165) is 28.3 Å². The summed E-state index contributed by atoms with van der Waals surface area (Å²) in [4.78, 5) is 16.3. The SMILES string of the molecule is CC(C)(c1ccc(F)cc1)c1cc(C#C[Si](C)(C)C)cc(NC(=O)c2cc3ccc(NS(C)(=O)=O)cc3[nH]2)c1. The third-order valence-corrected chi connectivity index (χ3v) is 7.71. The van der Waals surface area contributed by atoms with E-state index in [9.17, 15) is 17.6 Å². The number of halogens is 1. The number of H-pyrrole nitrogens is 1. The van der Waals surface area contributed by atoms with Gasteiger partial charge in [-0.15, -0.1) is 5.54 Å². The lowest BCUT2D eigenvalue weighted by Crippen LogP contribution is -2.20. The normalized spacial score (nSPS) is 12.1. The second-order valence-corrected chi connectivity index (χ2v) is 17.7. The third kappa shape index (κ3) is 7.16. The van der Waals surface area contributed by atoms with E-state index in [1.807, 2.05) is 18.2 Å². The average molecular weight is 562 g/mol. The molecule has 0 aliphatic carbocycles. The highest BCUT2D eigenvalue weighted by molar-refractivity contribution is 7.92. The number of fused-ring (bicyclic) bond motifs is 1. The minimum absolute atomic E-state index is 0.296. The van der Waals surface area contributed by atoms with Gasteiger partial charge in [0.05, 0.1) is 11.9 Å². The molecule has 4 aromatic rings. The number of carbonyl (C=O) groups excluding carboxylic acids is 1. The topological polar surface area (TPSA) is 91.1 Å². The number of hydrogen-bond acceptors (Lipinski definition) is 3. The van der Waals surface area contributed by atoms with Crippen molar-refractivity contribution in [2.75, 3.05) is 16.3 Å². The lowest BCUT2D eigenvalue weighted by atomic mass is 9.77. The maximum Gasteiger partial charge on any atom is 0.272 e. The number of nitrogens with one attached hydrogen (secondary N) is 3. The molecule has 39 heavy (non-hydrogen) atoms. The molecule has 0 saturated heterocycles. The largest absolute Gasteiger partial charge is 0.350 e. The van der Waals surface area contributed by atoms with Crippen LogP contribution in [0.25, 0.3) is 10.9 Å². The maximum absolute atomic E-state index is 13.6. The van der Waals surface area contributed by atoms with Crippen molar-refractivity contribution in [3.05, 3.63) is 94.9 Å². The third-order valence-electron chi connectivity index (χ3n) is 6.23. The summed E-state index contributed by atoms with van der Waals surface area (Å²) in [5, 5.41) is 3.75. The van der Waals surface area contributed by atoms with E-state index in [1.165, 1.54) is 12.1 Å². The highest BCUT2D eigenvalue weighted by atomic mass is 32.2. The van der Waals surface area contributed by atoms with E-state index in [0.29, 0.717) is 22.6 Å². The fourth-order valence-corrected chi connectivity index (χ4v) is 5.23. The summed E-state index contributed by atoms with van der Waals surface area (Å²) in [5.41, 5.74) is 7.51. The first-order valence-electron chi connectivity index (χ1n) is 12.5. The van der Waals surface area contributed by atoms with Crippen LogP contribution >= 0.6 is 0 Å². The number of benzene rings is 3. The fourth-order valence-electron chi connectivity index (χ4n) is 4.15. The van der Waals surface area contributed by atoms with Gasteiger partial charge in [-0.2, -0.15) is 0 Å². The Hall–Kier alpha value is -3.87. The van der Waals surface area contributed by atoms with Gasteiger partial charge in [0.1, 0.15) is 19.6 Å². The van der Waals surface area contributed by atoms with Crippen molar-refractivity contribution in [3.63, 3.8) is 0 Å². The van der Waals surface area contributed by atoms with Crippen molar-refractivity contribution in [1.29, 1.82) is 0 Å². The number of sulfonamides is 1. The van der Waals surface area contributed by atoms with E-state index in [-0.39, 0.29) is 11.7 Å². The van der Waals surface area contributed by atoms with Crippen LogP contribution in [0, 0.1) is 17.3 Å². The molecule has 1 amide bonds. The smallest absolute Gasteiger partial charge is 0.272 e. The molecule has 0 fully saturated rings. The standard InChI is InChI=1S/C30H32FN3O3SSi/c1-30(2,22-8-10-24(31)11-9-22)23-15-20(13-14-39(4,5)6)16-26(18-23)32-29(35)28-17-21-7-12-25(19-27(21)33-28)34-38(3,36)37/h7-12,15-19,33-34H,1-6H3,(H,32,35). The predicted octanol–water partition coefficient (Wildman–Crippen LogP) is 6.49. The summed E-state index contributed by atoms with van der Waals surface area (Å²) in [5.74, 6) is 2.65. The van der Waals surface area contributed by atoms with Gasteiger partial charge in [0.2, 0.25) is 10.0 Å². The molecule has 1 aromatic heterocycles. The zero-order chi connectivity index (χ0) is 28.6. The van der Waals surface area contributed by atoms with Crippen molar-refractivity contribution in [3.8, 4) is 11.5 Å². The van der Waals surface area contributed by atoms with Crippen LogP contribution in [0.4, 0.5) is 15.8 Å². The molecular weight excluding hydrogens is 529 g/mol. The summed E-state index contributed by atoms with van der Waals surface area (Å²) in [6.45, 7) is 10.6. The highest BCUT2D eigenvalue weighted by Crippen LogP contribution is 2.34. The van der Waals surface area contributed by atoms with Crippen LogP contribution in [0.2, 0.25) is 19.6 Å². The molecule has 0 unspecified atom stereocenters. The Morgan fingerprint density at radius 3 is 2.26 bits per heavy atom. The number of carbonyl (C=O) groups is 1. The molecular formula is C30H32FN3O3SSi. The van der Waals surface area contributed by atoms with Gasteiger partial charge in [0, 0.05) is 27.6 Å². The summed E-state index contributed by atoms with van der Waals surface area (Å²) < 4.78 is 39.2. The van der Waals surface area contributed by atoms with Crippen LogP contribution in [0.5, 0.6) is 0 Å². The quantitative estimate of drug-likeness (QED) is 0.186. The van der Waals surface area contributed by atoms with E-state index in [2.05, 4.69) is 60.0 Å². The molecule has 0 radical (unpaired) electrons. The fraction of sp³-hybridized carbons (Fsp3) is 0.233. The van der Waals surface area contributed by atoms with Crippen molar-refractivity contribution in [2.24, 2.45) is 0 Å². The van der Waals surface area contributed by atoms with Crippen LogP contribution in [0.15, 0.2) is 66.7 Å². The predicted molar refractivity (Wildman–Crippen MR) is 160 cm³/mol. The number of aromatic amines is 1. The first-order valence-corrected chi connectivity index (χ1v) is 17.8. The first-order chi connectivity index (χ1) is 18.1. The molecule has 4 rings (SSSR count). The van der Waals surface area contributed by atoms with Gasteiger partial charge < -0.3 is 10.3 Å². The summed E-state index contributed by atoms with van der Waals surface area (Å²) >= 11 is 0. The first kappa shape index (κ1) is 28.1. The molecule has 0 bridgehead atoms. The summed E-state index contributed by atoms with van der Waals surface area (Å²) in [7, 11) is -5.08. The second-order valence-electron chi connectivity index (χ2n) is 11.2. The summed E-state index contributed by atoms with van der Waals surface area (Å²) in [6.07, 6.45) is 1.08. The Kier molecular flexibility index (Phi) is 7.48. The zero-order valence-electron chi connectivity index (χ0n) is 22.9. The number of rotatable bonds is 6. The molecule has 9 heteroatoms. The van der Waals surface area contributed by atoms with Gasteiger partial charge in [-0.1, -0.05) is 57.6 Å². The molecule has 202 valence electrons. The van der Waals surface area contributed by atoms with Gasteiger partial charge in [-0.3, -0.25) is 9.52 Å². The van der Waals surface area contributed by atoms with Gasteiger partial charge >= 0.3 is 0 Å². The molecule has 0 aliphatic rings. The van der Waals surface area contributed by atoms with E-state index < -0.39 is 23.5 Å². The van der Waals surface area contributed by atoms with Crippen molar-refractivity contribution >= 4 is 46.3 Å². The molecule has 6 nitrogen and oxygen atoms in total. The van der Waals surface area contributed by atoms with Crippen LogP contribution in [-0.2, 0) is 15.4 Å². The lowest BCUT2D eigenvalue weighted by molar-refractivity contribution is 0.102. The number of aromatic nitrogens is 1. The number of hydrogen-bond donors (Lipinski definition) is 3. The molecule has 0 atom stereocenters. The molecule has 0 saturated carbocycles. The molecule has 0 aliphatic heterocycles. The van der Waals surface area contributed by atoms with Crippen molar-refractivity contribution < 1.29 is 17.6 Å². The highest BCUT2D eigenvalue weighted by Gasteiger charge is 2.25. The minimum atomic E-state index is -3.42. The van der Waals surface area contributed by atoms with Crippen LogP contribution < -0.4 is 10.0 Å². The second kappa shape index (κ2) is 10.4. The van der Waals surface area contributed by atoms with Crippen LogP contribution in [-0.4, -0.2) is 33.6 Å². The van der Waals surface area contributed by atoms with Gasteiger partial charge in [-0.25, -0.2) is 12.8 Å². The zero-order valence-corrected chi connectivity index (χ0v) is 24.7. The van der Waals surface area contributed by atoms with Crippen molar-refractivity contribution in [2.45, 2.75) is 38.9 Å². The molecule has 3 N–H and O–H groups in total. The lowest BCUT2D eigenvalue weighted by Gasteiger charge is -2.27. The maximum atomic E-state index is 13.6. The van der Waals surface area contributed by atoms with E-state index >= 15 is 0 Å². The Balaban J connectivity index is 1.70. The van der Waals surface area contributed by atoms with Crippen LogP contribution in [0.1, 0.15) is 41.0 Å².